The molecule has 1 aliphatic rings. The van der Waals surface area contributed by atoms with Crippen molar-refractivity contribution in [1.82, 2.24) is 19.3 Å². The quantitative estimate of drug-likeness (QED) is 0.681. The number of amides is 1. The topological polar surface area (TPSA) is 112 Å². The normalized spacial score (nSPS) is 13.5. The van der Waals surface area contributed by atoms with Gasteiger partial charge in [0.05, 0.1) is 0 Å². The fourth-order valence-corrected chi connectivity index (χ4v) is 3.84. The molecule has 2 aromatic heterocycles. The molecule has 1 N–H and O–H groups in total. The first-order valence-corrected chi connectivity index (χ1v) is 10.0. The van der Waals surface area contributed by atoms with Gasteiger partial charge in [-0.15, -0.1) is 0 Å². The second-order valence-corrected chi connectivity index (χ2v) is 7.59. The number of aryl methyl sites for hydroxylation is 1. The number of aromatic nitrogens is 4. The second-order valence-electron chi connectivity index (χ2n) is 7.15. The molecule has 9 nitrogen and oxygen atoms in total. The van der Waals surface area contributed by atoms with Crippen molar-refractivity contribution < 1.29 is 9.32 Å². The van der Waals surface area contributed by atoms with Crippen molar-refractivity contribution in [2.24, 2.45) is 0 Å². The third-order valence-electron chi connectivity index (χ3n) is 4.99. The van der Waals surface area contributed by atoms with E-state index in [9.17, 15) is 14.4 Å². The predicted octanol–water partition coefficient (Wildman–Crippen LogP) is 2.39. The Morgan fingerprint density at radius 2 is 2.10 bits per heavy atom. The molecule has 1 aliphatic heterocycles. The highest BCUT2D eigenvalue weighted by molar-refractivity contribution is 6.30. The molecule has 0 unspecified atom stereocenters. The number of hydrogen-bond donors (Lipinski definition) is 1. The lowest BCUT2D eigenvalue weighted by Crippen LogP contribution is -2.44. The summed E-state index contributed by atoms with van der Waals surface area (Å²) in [4.78, 5) is 43.1. The van der Waals surface area contributed by atoms with E-state index in [1.54, 1.807) is 35.8 Å². The van der Waals surface area contributed by atoms with Crippen LogP contribution in [0.4, 0.5) is 5.69 Å². The van der Waals surface area contributed by atoms with E-state index in [0.29, 0.717) is 35.3 Å². The number of anilines is 1. The van der Waals surface area contributed by atoms with Crippen molar-refractivity contribution in [1.29, 1.82) is 0 Å². The van der Waals surface area contributed by atoms with E-state index in [2.05, 4.69) is 15.5 Å². The molecular formula is C20H20ClN5O4. The van der Waals surface area contributed by atoms with Crippen molar-refractivity contribution in [3.05, 3.63) is 61.7 Å². The highest BCUT2D eigenvalue weighted by atomic mass is 35.5. The first kappa shape index (κ1) is 20.1. The minimum Gasteiger partial charge on any atom is -0.339 e. The molecule has 3 aromatic rings. The van der Waals surface area contributed by atoms with Crippen LogP contribution in [0.15, 0.2) is 38.4 Å². The molecule has 0 saturated carbocycles. The van der Waals surface area contributed by atoms with Gasteiger partial charge in [0, 0.05) is 29.9 Å². The molecule has 0 bridgehead atoms. The number of carbonyl (C=O) groups is 1. The number of halogens is 1. The summed E-state index contributed by atoms with van der Waals surface area (Å²) in [6.45, 7) is 1.66. The van der Waals surface area contributed by atoms with Crippen molar-refractivity contribution in [2.75, 3.05) is 5.32 Å². The molecule has 156 valence electrons. The Kier molecular flexibility index (Phi) is 5.54. The van der Waals surface area contributed by atoms with Crippen LogP contribution in [0.5, 0.6) is 0 Å². The van der Waals surface area contributed by atoms with E-state index >= 15 is 0 Å². The fourth-order valence-electron chi connectivity index (χ4n) is 3.65. The Balaban J connectivity index is 1.78. The van der Waals surface area contributed by atoms with Gasteiger partial charge < -0.3 is 9.84 Å². The van der Waals surface area contributed by atoms with E-state index in [-0.39, 0.29) is 11.4 Å². The third kappa shape index (κ3) is 3.93. The molecule has 3 heterocycles. The summed E-state index contributed by atoms with van der Waals surface area (Å²) in [6, 6.07) is 6.63. The molecule has 0 saturated heterocycles. The number of fused-ring (bicyclic) bond motifs is 1. The van der Waals surface area contributed by atoms with Gasteiger partial charge in [-0.3, -0.25) is 18.7 Å². The summed E-state index contributed by atoms with van der Waals surface area (Å²) in [5.74, 6) is -0.0683. The lowest BCUT2D eigenvalue weighted by molar-refractivity contribution is -0.116. The van der Waals surface area contributed by atoms with E-state index in [1.807, 2.05) is 0 Å². The Bertz CT molecular complexity index is 1230. The maximum Gasteiger partial charge on any atom is 0.331 e. The van der Waals surface area contributed by atoms with Crippen LogP contribution in [0.2, 0.25) is 5.02 Å². The van der Waals surface area contributed by atoms with Crippen LogP contribution in [0.3, 0.4) is 0 Å². The summed E-state index contributed by atoms with van der Waals surface area (Å²) in [6.07, 6.45) is 3.16. The Morgan fingerprint density at radius 3 is 2.83 bits per heavy atom. The molecule has 1 amide bonds. The predicted molar refractivity (Wildman–Crippen MR) is 111 cm³/mol. The van der Waals surface area contributed by atoms with Crippen LogP contribution < -0.4 is 16.6 Å². The van der Waals surface area contributed by atoms with Crippen molar-refractivity contribution in [2.45, 2.75) is 45.7 Å². The fraction of sp³-hybridized carbons (Fsp3) is 0.350. The van der Waals surface area contributed by atoms with E-state index in [1.165, 1.54) is 0 Å². The molecule has 0 fully saturated rings. The number of benzene rings is 1. The van der Waals surface area contributed by atoms with Gasteiger partial charge in [-0.05, 0) is 37.5 Å². The van der Waals surface area contributed by atoms with Crippen LogP contribution >= 0.6 is 11.6 Å². The summed E-state index contributed by atoms with van der Waals surface area (Å²) in [5.41, 5.74) is 0.167. The van der Waals surface area contributed by atoms with Gasteiger partial charge in [0.25, 0.3) is 5.56 Å². The van der Waals surface area contributed by atoms with Crippen LogP contribution in [0, 0.1) is 6.92 Å². The second kappa shape index (κ2) is 8.27. The summed E-state index contributed by atoms with van der Waals surface area (Å²) < 4.78 is 7.53. The minimum atomic E-state index is -0.602. The smallest absolute Gasteiger partial charge is 0.331 e. The Morgan fingerprint density at radius 1 is 1.27 bits per heavy atom. The lowest BCUT2D eigenvalue weighted by atomic mass is 10.1. The average molecular weight is 430 g/mol. The van der Waals surface area contributed by atoms with E-state index in [0.717, 1.165) is 23.8 Å². The zero-order chi connectivity index (χ0) is 21.3. The van der Waals surface area contributed by atoms with Crippen molar-refractivity contribution >= 4 is 23.2 Å². The summed E-state index contributed by atoms with van der Waals surface area (Å²) in [5, 5.41) is 7.01. The number of nitrogens with one attached hydrogen (secondary N) is 1. The number of nitrogens with zero attached hydrogens (tertiary/aromatic N) is 4. The molecule has 0 atom stereocenters. The van der Waals surface area contributed by atoms with E-state index in [4.69, 9.17) is 16.1 Å². The van der Waals surface area contributed by atoms with Gasteiger partial charge in [-0.1, -0.05) is 29.2 Å². The largest absolute Gasteiger partial charge is 0.339 e. The van der Waals surface area contributed by atoms with Crippen molar-refractivity contribution in [3.63, 3.8) is 0 Å². The number of hydrogen-bond acceptors (Lipinski definition) is 6. The summed E-state index contributed by atoms with van der Waals surface area (Å²) >= 11 is 5.94. The van der Waals surface area contributed by atoms with Crippen LogP contribution in [0.25, 0.3) is 11.4 Å². The molecule has 4 rings (SSSR count). The monoisotopic (exact) mass is 429 g/mol. The zero-order valence-electron chi connectivity index (χ0n) is 16.4. The lowest BCUT2D eigenvalue weighted by Gasteiger charge is -2.16. The van der Waals surface area contributed by atoms with Crippen LogP contribution in [-0.4, -0.2) is 25.2 Å². The highest BCUT2D eigenvalue weighted by Gasteiger charge is 2.25. The van der Waals surface area contributed by atoms with Gasteiger partial charge in [0.2, 0.25) is 17.6 Å². The molecular weight excluding hydrogens is 410 g/mol. The van der Waals surface area contributed by atoms with Crippen LogP contribution in [0.1, 0.15) is 30.8 Å². The first-order valence-electron chi connectivity index (χ1n) is 9.66. The maximum atomic E-state index is 13.3. The molecule has 0 aliphatic carbocycles. The van der Waals surface area contributed by atoms with Gasteiger partial charge in [0.1, 0.15) is 12.1 Å². The van der Waals surface area contributed by atoms with Gasteiger partial charge in [0.15, 0.2) is 0 Å². The van der Waals surface area contributed by atoms with Crippen molar-refractivity contribution in [3.8, 4) is 11.4 Å². The first-order chi connectivity index (χ1) is 14.4. The SMILES string of the molecule is Cc1nc(-c2c3n(c(=O)n(CC(=O)Nc4cccc(Cl)c4)c2=O)CCCCC3)no1. The molecule has 1 aromatic carbocycles. The Labute approximate surface area is 176 Å². The standard InChI is InChI=1S/C20H20ClN5O4/c1-12-22-18(24-30-12)17-15-8-3-2-4-9-25(15)20(29)26(19(17)28)11-16(27)23-14-7-5-6-13(21)10-14/h5-7,10H,2-4,8-9,11H2,1H3,(H,23,27). The number of carbonyl (C=O) groups excluding carboxylic acids is 1. The van der Waals surface area contributed by atoms with E-state index < -0.39 is 23.7 Å². The third-order valence-corrected chi connectivity index (χ3v) is 5.23. The maximum absolute atomic E-state index is 13.3. The summed E-state index contributed by atoms with van der Waals surface area (Å²) in [7, 11) is 0. The highest BCUT2D eigenvalue weighted by Crippen LogP contribution is 2.21. The zero-order valence-corrected chi connectivity index (χ0v) is 17.1. The minimum absolute atomic E-state index is 0.132. The number of rotatable bonds is 4. The van der Waals surface area contributed by atoms with Crippen LogP contribution in [-0.2, 0) is 24.3 Å². The molecule has 10 heteroatoms. The molecule has 30 heavy (non-hydrogen) atoms. The Hall–Kier alpha value is -3.20. The molecule has 0 spiro atoms. The van der Waals surface area contributed by atoms with Gasteiger partial charge in [-0.25, -0.2) is 4.79 Å². The average Bonchev–Trinajstić information content (AvgIpc) is 2.97. The van der Waals surface area contributed by atoms with Gasteiger partial charge in [-0.2, -0.15) is 4.98 Å². The van der Waals surface area contributed by atoms with Gasteiger partial charge >= 0.3 is 5.69 Å². The molecule has 0 radical (unpaired) electrons.